The Morgan fingerprint density at radius 3 is 2.86 bits per heavy atom. The van der Waals surface area contributed by atoms with E-state index in [0.717, 1.165) is 4.34 Å². The lowest BCUT2D eigenvalue weighted by Crippen LogP contribution is -1.82. The van der Waals surface area contributed by atoms with Crippen LogP contribution in [-0.4, -0.2) is 6.26 Å². The molecule has 0 fully saturated rings. The predicted octanol–water partition coefficient (Wildman–Crippen LogP) is 5.02. The van der Waals surface area contributed by atoms with E-state index in [2.05, 4.69) is 18.4 Å². The molecule has 0 spiro atoms. The Kier molecular flexibility index (Phi) is 3.27. The molecular weight excluding hydrogens is 255 g/mol. The summed E-state index contributed by atoms with van der Waals surface area (Å²) in [4.78, 5) is 1.24. The first-order valence-electron chi connectivity index (χ1n) is 4.07. The highest BCUT2D eigenvalue weighted by atomic mass is 35.5. The number of hydrogen-bond donors (Lipinski definition) is 0. The number of fused-ring (bicyclic) bond motifs is 1. The molecule has 0 nitrogen and oxygen atoms in total. The largest absolute Gasteiger partial charge is 0.129 e. The molecule has 0 aliphatic rings. The number of alkyl halides is 1. The first-order valence-corrected chi connectivity index (χ1v) is 7.02. The number of thiophene rings is 1. The van der Waals surface area contributed by atoms with Crippen molar-refractivity contribution in [2.45, 2.75) is 10.8 Å². The van der Waals surface area contributed by atoms with E-state index < -0.39 is 0 Å². The van der Waals surface area contributed by atoms with E-state index in [1.54, 1.807) is 23.1 Å². The Balaban J connectivity index is 2.75. The normalized spacial score (nSPS) is 11.1. The molecule has 4 heteroatoms. The lowest BCUT2D eigenvalue weighted by molar-refractivity contribution is 1.31. The Morgan fingerprint density at radius 2 is 2.21 bits per heavy atom. The fourth-order valence-electron chi connectivity index (χ4n) is 1.43. The highest BCUT2D eigenvalue weighted by molar-refractivity contribution is 7.98. The van der Waals surface area contributed by atoms with Gasteiger partial charge in [-0.1, -0.05) is 17.7 Å². The van der Waals surface area contributed by atoms with Gasteiger partial charge in [0.05, 0.1) is 4.34 Å². The van der Waals surface area contributed by atoms with E-state index in [1.807, 2.05) is 6.07 Å². The van der Waals surface area contributed by atoms with Crippen molar-refractivity contribution < 1.29 is 0 Å². The van der Waals surface area contributed by atoms with Crippen LogP contribution in [0.25, 0.3) is 10.1 Å². The van der Waals surface area contributed by atoms with Crippen molar-refractivity contribution >= 4 is 56.4 Å². The molecule has 0 amide bonds. The minimum atomic E-state index is 0.546. The fourth-order valence-corrected chi connectivity index (χ4v) is 3.83. The summed E-state index contributed by atoms with van der Waals surface area (Å²) in [6, 6.07) is 6.19. The van der Waals surface area contributed by atoms with E-state index in [0.29, 0.717) is 5.88 Å². The smallest absolute Gasteiger partial charge is 0.0940 e. The number of rotatable bonds is 2. The summed E-state index contributed by atoms with van der Waals surface area (Å²) in [7, 11) is 0. The Bertz CT molecular complexity index is 462. The van der Waals surface area contributed by atoms with Crippen molar-refractivity contribution in [3.8, 4) is 0 Å². The van der Waals surface area contributed by atoms with Crippen LogP contribution in [0.5, 0.6) is 0 Å². The van der Waals surface area contributed by atoms with Gasteiger partial charge in [0.2, 0.25) is 0 Å². The monoisotopic (exact) mass is 262 g/mol. The van der Waals surface area contributed by atoms with E-state index in [-0.39, 0.29) is 0 Å². The Morgan fingerprint density at radius 1 is 1.43 bits per heavy atom. The second-order valence-electron chi connectivity index (χ2n) is 2.85. The molecule has 1 aromatic heterocycles. The molecule has 0 saturated heterocycles. The van der Waals surface area contributed by atoms with Crippen LogP contribution in [0.15, 0.2) is 23.1 Å². The summed E-state index contributed by atoms with van der Waals surface area (Å²) in [5, 5.41) is 1.19. The Labute approximate surface area is 101 Å². The van der Waals surface area contributed by atoms with Crippen LogP contribution in [-0.2, 0) is 5.88 Å². The maximum absolute atomic E-state index is 5.98. The molecule has 1 aromatic carbocycles. The highest BCUT2D eigenvalue weighted by Crippen LogP contribution is 2.36. The zero-order valence-corrected chi connectivity index (χ0v) is 10.7. The minimum Gasteiger partial charge on any atom is -0.129 e. The third-order valence-corrected chi connectivity index (χ3v) is 4.50. The molecule has 0 aliphatic carbocycles. The topological polar surface area (TPSA) is 0 Å². The fraction of sp³-hybridized carbons (Fsp3) is 0.200. The molecule has 0 aliphatic heterocycles. The lowest BCUT2D eigenvalue weighted by atomic mass is 10.2. The van der Waals surface area contributed by atoms with Crippen molar-refractivity contribution in [3.63, 3.8) is 0 Å². The number of hydrogen-bond acceptors (Lipinski definition) is 2. The minimum absolute atomic E-state index is 0.546. The average molecular weight is 263 g/mol. The third kappa shape index (κ3) is 1.76. The van der Waals surface area contributed by atoms with Gasteiger partial charge in [-0.05, 0) is 29.3 Å². The van der Waals surface area contributed by atoms with Gasteiger partial charge in [0.1, 0.15) is 0 Å². The summed E-state index contributed by atoms with van der Waals surface area (Å²) in [6.45, 7) is 0. The zero-order valence-electron chi connectivity index (χ0n) is 7.51. The van der Waals surface area contributed by atoms with Gasteiger partial charge in [-0.3, -0.25) is 0 Å². The van der Waals surface area contributed by atoms with Crippen LogP contribution in [0.2, 0.25) is 4.34 Å². The van der Waals surface area contributed by atoms with Gasteiger partial charge in [-0.2, -0.15) is 0 Å². The van der Waals surface area contributed by atoms with Crippen LogP contribution in [0, 0.1) is 0 Å². The molecule has 0 bridgehead atoms. The van der Waals surface area contributed by atoms with E-state index >= 15 is 0 Å². The molecule has 2 rings (SSSR count). The number of thioether (sulfide) groups is 1. The highest BCUT2D eigenvalue weighted by Gasteiger charge is 2.08. The lowest BCUT2D eigenvalue weighted by Gasteiger charge is -2.04. The van der Waals surface area contributed by atoms with Crippen LogP contribution < -0.4 is 0 Å². The van der Waals surface area contributed by atoms with E-state index in [4.69, 9.17) is 23.2 Å². The van der Waals surface area contributed by atoms with Crippen molar-refractivity contribution in [1.82, 2.24) is 0 Å². The molecule has 0 N–H and O–H groups in total. The summed E-state index contributed by atoms with van der Waals surface area (Å²) in [5.41, 5.74) is 1.20. The maximum Gasteiger partial charge on any atom is 0.0940 e. The predicted molar refractivity (Wildman–Crippen MR) is 68.2 cm³/mol. The first-order chi connectivity index (χ1) is 6.76. The standard InChI is InChI=1S/C10H8Cl2S2/c1-13-8-3-2-6-4-9(12)14-10(6)7(8)5-11/h2-4H,5H2,1H3. The quantitative estimate of drug-likeness (QED) is 0.541. The maximum atomic E-state index is 5.98. The molecule has 0 radical (unpaired) electrons. The third-order valence-electron chi connectivity index (χ3n) is 2.07. The molecule has 1 heterocycles. The van der Waals surface area contributed by atoms with Crippen LogP contribution in [0.3, 0.4) is 0 Å². The van der Waals surface area contributed by atoms with Gasteiger partial charge < -0.3 is 0 Å². The number of benzene rings is 1. The van der Waals surface area contributed by atoms with Gasteiger partial charge in [0, 0.05) is 15.5 Å². The molecule has 14 heavy (non-hydrogen) atoms. The number of halogens is 2. The van der Waals surface area contributed by atoms with Crippen LogP contribution in [0.4, 0.5) is 0 Å². The molecule has 2 aromatic rings. The second-order valence-corrected chi connectivity index (χ2v) is 5.65. The van der Waals surface area contributed by atoms with E-state index in [9.17, 15) is 0 Å². The van der Waals surface area contributed by atoms with Crippen molar-refractivity contribution in [2.24, 2.45) is 0 Å². The first kappa shape index (κ1) is 10.6. The second kappa shape index (κ2) is 4.31. The summed E-state index contributed by atoms with van der Waals surface area (Å²) in [6.07, 6.45) is 2.06. The van der Waals surface area contributed by atoms with Crippen molar-refractivity contribution in [2.75, 3.05) is 6.26 Å². The van der Waals surface area contributed by atoms with Gasteiger partial charge in [-0.25, -0.2) is 0 Å². The van der Waals surface area contributed by atoms with E-state index in [1.165, 1.54) is 20.5 Å². The van der Waals surface area contributed by atoms with Gasteiger partial charge in [0.25, 0.3) is 0 Å². The summed E-state index contributed by atoms with van der Waals surface area (Å²) in [5.74, 6) is 0.546. The molecule has 0 atom stereocenters. The van der Waals surface area contributed by atoms with Crippen molar-refractivity contribution in [1.29, 1.82) is 0 Å². The molecule has 0 unspecified atom stereocenters. The summed E-state index contributed by atoms with van der Waals surface area (Å²) < 4.78 is 2.04. The molecule has 0 saturated carbocycles. The Hall–Kier alpha value is 0.110. The van der Waals surface area contributed by atoms with Gasteiger partial charge >= 0.3 is 0 Å². The summed E-state index contributed by atoms with van der Waals surface area (Å²) >= 11 is 15.2. The molecular formula is C10H8Cl2S2. The molecule has 74 valence electrons. The van der Waals surface area contributed by atoms with Crippen LogP contribution >= 0.6 is 46.3 Å². The van der Waals surface area contributed by atoms with Crippen LogP contribution in [0.1, 0.15) is 5.56 Å². The SMILES string of the molecule is CSc1ccc2cc(Cl)sc2c1CCl. The zero-order chi connectivity index (χ0) is 10.1. The van der Waals surface area contributed by atoms with Crippen molar-refractivity contribution in [3.05, 3.63) is 28.1 Å². The average Bonchev–Trinajstić information content (AvgIpc) is 2.56. The van der Waals surface area contributed by atoms with Gasteiger partial charge in [0.15, 0.2) is 0 Å². The van der Waals surface area contributed by atoms with Gasteiger partial charge in [-0.15, -0.1) is 34.7 Å².